The molecule has 0 aliphatic carbocycles. The van der Waals surface area contributed by atoms with Gasteiger partial charge in [-0.2, -0.15) is 0 Å². The quantitative estimate of drug-likeness (QED) is 0.546. The van der Waals surface area contributed by atoms with Crippen molar-refractivity contribution < 1.29 is 9.59 Å². The van der Waals surface area contributed by atoms with E-state index in [1.807, 2.05) is 6.92 Å². The number of carbonyl (C=O) groups excluding carboxylic acids is 2. The van der Waals surface area contributed by atoms with Gasteiger partial charge in [-0.3, -0.25) is 9.59 Å². The second-order valence-corrected chi connectivity index (χ2v) is 2.67. The summed E-state index contributed by atoms with van der Waals surface area (Å²) in [7, 11) is 0. The van der Waals surface area contributed by atoms with E-state index in [0.29, 0.717) is 0 Å². The molecule has 64 valence electrons. The summed E-state index contributed by atoms with van der Waals surface area (Å²) in [5.74, 6) is -2.15. The Kier molecular flexibility index (Phi) is 3.57. The van der Waals surface area contributed by atoms with Crippen molar-refractivity contribution in [2.45, 2.75) is 20.3 Å². The molecule has 0 aromatic carbocycles. The number of rotatable bonds is 4. The maximum absolute atomic E-state index is 10.7. The molecule has 0 heterocycles. The molecule has 4 nitrogen and oxygen atoms in total. The second-order valence-electron chi connectivity index (χ2n) is 2.67. The Labute approximate surface area is 65.9 Å². The van der Waals surface area contributed by atoms with Gasteiger partial charge in [-0.1, -0.05) is 20.3 Å². The van der Waals surface area contributed by atoms with Crippen molar-refractivity contribution in [3.63, 3.8) is 0 Å². The molecule has 1 atom stereocenters. The third-order valence-electron chi connectivity index (χ3n) is 1.83. The van der Waals surface area contributed by atoms with E-state index in [2.05, 4.69) is 0 Å². The largest absolute Gasteiger partial charge is 0.369 e. The Morgan fingerprint density at radius 1 is 1.27 bits per heavy atom. The molecular weight excluding hydrogens is 144 g/mol. The van der Waals surface area contributed by atoms with Gasteiger partial charge in [0.2, 0.25) is 11.8 Å². The van der Waals surface area contributed by atoms with Crippen molar-refractivity contribution in [3.8, 4) is 0 Å². The van der Waals surface area contributed by atoms with Crippen molar-refractivity contribution in [1.29, 1.82) is 0 Å². The van der Waals surface area contributed by atoms with E-state index >= 15 is 0 Å². The highest BCUT2D eigenvalue weighted by atomic mass is 16.2. The van der Waals surface area contributed by atoms with Gasteiger partial charge in [0, 0.05) is 0 Å². The summed E-state index contributed by atoms with van der Waals surface area (Å²) in [6.07, 6.45) is 0.719. The van der Waals surface area contributed by atoms with Crippen molar-refractivity contribution in [1.82, 2.24) is 0 Å². The van der Waals surface area contributed by atoms with E-state index in [1.54, 1.807) is 6.92 Å². The molecular formula is C7H14N2O2. The van der Waals surface area contributed by atoms with Gasteiger partial charge in [-0.25, -0.2) is 0 Å². The molecule has 2 amide bonds. The molecule has 4 heteroatoms. The van der Waals surface area contributed by atoms with Crippen LogP contribution in [0.5, 0.6) is 0 Å². The zero-order chi connectivity index (χ0) is 9.02. The summed E-state index contributed by atoms with van der Waals surface area (Å²) in [5.41, 5.74) is 9.95. The highest BCUT2D eigenvalue weighted by molar-refractivity contribution is 5.99. The van der Waals surface area contributed by atoms with Crippen LogP contribution in [0, 0.1) is 11.8 Å². The summed E-state index contributed by atoms with van der Waals surface area (Å²) in [4.78, 5) is 21.3. The third-order valence-corrected chi connectivity index (χ3v) is 1.83. The van der Waals surface area contributed by atoms with Crippen LogP contribution >= 0.6 is 0 Å². The molecule has 4 N–H and O–H groups in total. The Balaban J connectivity index is 4.34. The van der Waals surface area contributed by atoms with Gasteiger partial charge in [-0.15, -0.1) is 0 Å². The molecule has 0 saturated carbocycles. The van der Waals surface area contributed by atoms with Crippen molar-refractivity contribution >= 4 is 11.8 Å². The first-order chi connectivity index (χ1) is 5.00. The van der Waals surface area contributed by atoms with Gasteiger partial charge in [0.05, 0.1) is 0 Å². The monoisotopic (exact) mass is 158 g/mol. The smallest absolute Gasteiger partial charge is 0.230 e. The number of amides is 2. The van der Waals surface area contributed by atoms with Gasteiger partial charge in [0.25, 0.3) is 0 Å². The van der Waals surface area contributed by atoms with E-state index < -0.39 is 17.7 Å². The summed E-state index contributed by atoms with van der Waals surface area (Å²) < 4.78 is 0. The van der Waals surface area contributed by atoms with Gasteiger partial charge in [0.1, 0.15) is 5.92 Å². The standard InChI is InChI=1S/C7H14N2O2/c1-3-4(2)5(6(8)10)7(9)11/h4-5H,3H2,1-2H3,(H2,8,10)(H2,9,11). The molecule has 0 radical (unpaired) electrons. The second kappa shape index (κ2) is 3.95. The number of hydrogen-bond acceptors (Lipinski definition) is 2. The van der Waals surface area contributed by atoms with Gasteiger partial charge < -0.3 is 11.5 Å². The Morgan fingerprint density at radius 2 is 1.64 bits per heavy atom. The molecule has 11 heavy (non-hydrogen) atoms. The maximum Gasteiger partial charge on any atom is 0.230 e. The number of hydrogen-bond donors (Lipinski definition) is 2. The van der Waals surface area contributed by atoms with E-state index in [4.69, 9.17) is 11.5 Å². The first kappa shape index (κ1) is 9.94. The minimum Gasteiger partial charge on any atom is -0.369 e. The minimum absolute atomic E-state index is 0.0648. The molecule has 0 aromatic heterocycles. The molecule has 0 aromatic rings. The predicted octanol–water partition coefficient (Wildman–Crippen LogP) is -0.381. The highest BCUT2D eigenvalue weighted by Gasteiger charge is 2.26. The Bertz CT molecular complexity index is 154. The molecule has 0 spiro atoms. The molecule has 0 aliphatic heterocycles. The summed E-state index contributed by atoms with van der Waals surface area (Å²) in [6.45, 7) is 3.66. The fourth-order valence-corrected chi connectivity index (χ4v) is 0.937. The van der Waals surface area contributed by atoms with Crippen molar-refractivity contribution in [3.05, 3.63) is 0 Å². The number of primary amides is 2. The lowest BCUT2D eigenvalue weighted by molar-refractivity contribution is -0.133. The van der Waals surface area contributed by atoms with Crippen LogP contribution in [0.4, 0.5) is 0 Å². The molecule has 1 unspecified atom stereocenters. The molecule has 0 aliphatic rings. The molecule has 0 saturated heterocycles. The van der Waals surface area contributed by atoms with Crippen LogP contribution in [-0.2, 0) is 9.59 Å². The molecule has 0 fully saturated rings. The topological polar surface area (TPSA) is 86.2 Å². The van der Waals surface area contributed by atoms with Crippen LogP contribution in [0.25, 0.3) is 0 Å². The summed E-state index contributed by atoms with van der Waals surface area (Å²) in [5, 5.41) is 0. The van der Waals surface area contributed by atoms with Crippen LogP contribution in [0.2, 0.25) is 0 Å². The van der Waals surface area contributed by atoms with E-state index in [0.717, 1.165) is 6.42 Å². The zero-order valence-electron chi connectivity index (χ0n) is 6.83. The van der Waals surface area contributed by atoms with Crippen LogP contribution in [0.15, 0.2) is 0 Å². The highest BCUT2D eigenvalue weighted by Crippen LogP contribution is 2.13. The van der Waals surface area contributed by atoms with Gasteiger partial charge >= 0.3 is 0 Å². The van der Waals surface area contributed by atoms with Gasteiger partial charge in [-0.05, 0) is 5.92 Å². The molecule has 0 rings (SSSR count). The number of carbonyl (C=O) groups is 2. The molecule has 0 bridgehead atoms. The maximum atomic E-state index is 10.7. The fourth-order valence-electron chi connectivity index (χ4n) is 0.937. The van der Waals surface area contributed by atoms with Crippen molar-refractivity contribution in [2.24, 2.45) is 23.3 Å². The predicted molar refractivity (Wildman–Crippen MR) is 41.3 cm³/mol. The number of nitrogens with two attached hydrogens (primary N) is 2. The zero-order valence-corrected chi connectivity index (χ0v) is 6.83. The van der Waals surface area contributed by atoms with Crippen LogP contribution in [0.1, 0.15) is 20.3 Å². The SMILES string of the molecule is CCC(C)C(C(N)=O)C(N)=O. The lowest BCUT2D eigenvalue weighted by Crippen LogP contribution is -2.39. The average Bonchev–Trinajstić information content (AvgIpc) is 1.85. The van der Waals surface area contributed by atoms with Crippen LogP contribution < -0.4 is 11.5 Å². The summed E-state index contributed by atoms with van der Waals surface area (Å²) in [6, 6.07) is 0. The van der Waals surface area contributed by atoms with Crippen LogP contribution in [-0.4, -0.2) is 11.8 Å². The lowest BCUT2D eigenvalue weighted by Gasteiger charge is -2.15. The fraction of sp³-hybridized carbons (Fsp3) is 0.714. The Morgan fingerprint density at radius 3 is 1.73 bits per heavy atom. The average molecular weight is 158 g/mol. The van der Waals surface area contributed by atoms with Crippen LogP contribution in [0.3, 0.4) is 0 Å². The van der Waals surface area contributed by atoms with Gasteiger partial charge in [0.15, 0.2) is 0 Å². The lowest BCUT2D eigenvalue weighted by atomic mass is 9.91. The Hall–Kier alpha value is -1.06. The first-order valence-electron chi connectivity index (χ1n) is 3.59. The van der Waals surface area contributed by atoms with Crippen molar-refractivity contribution in [2.75, 3.05) is 0 Å². The summed E-state index contributed by atoms with van der Waals surface area (Å²) >= 11 is 0. The third kappa shape index (κ3) is 2.57. The van der Waals surface area contributed by atoms with E-state index in [1.165, 1.54) is 0 Å². The van der Waals surface area contributed by atoms with E-state index in [9.17, 15) is 9.59 Å². The van der Waals surface area contributed by atoms with E-state index in [-0.39, 0.29) is 5.92 Å². The normalized spacial score (nSPS) is 13.0. The minimum atomic E-state index is -0.819. The first-order valence-corrected chi connectivity index (χ1v) is 3.59.